The predicted molar refractivity (Wildman–Crippen MR) is 91.5 cm³/mol. The van der Waals surface area contributed by atoms with E-state index in [1.165, 1.54) is 21.6 Å². The van der Waals surface area contributed by atoms with Crippen molar-refractivity contribution in [3.05, 3.63) is 0 Å². The Hall–Kier alpha value is -0.810. The van der Waals surface area contributed by atoms with Gasteiger partial charge in [-0.1, -0.05) is 0 Å². The van der Waals surface area contributed by atoms with E-state index >= 15 is 0 Å². The minimum Gasteiger partial charge on any atom is -0.548 e. The van der Waals surface area contributed by atoms with Crippen LogP contribution in [0, 0.1) is 5.92 Å². The molecule has 2 aliphatic heterocycles. The summed E-state index contributed by atoms with van der Waals surface area (Å²) < 4.78 is -0.790. The summed E-state index contributed by atoms with van der Waals surface area (Å²) in [5.41, 5.74) is 0. The number of aliphatic carboxylic acids is 1. The van der Waals surface area contributed by atoms with Gasteiger partial charge in [0, 0.05) is 17.8 Å². The largest absolute Gasteiger partial charge is 1.00 e. The molecule has 0 saturated carbocycles. The quantitative estimate of drug-likeness (QED) is 0.317. The van der Waals surface area contributed by atoms with Gasteiger partial charge in [0.2, 0.25) is 11.8 Å². The number of nitrogens with zero attached hydrogens (tertiary/aromatic N) is 2. The van der Waals surface area contributed by atoms with Crippen LogP contribution in [0.25, 0.3) is 0 Å². The van der Waals surface area contributed by atoms with Gasteiger partial charge in [0.25, 0.3) is 5.91 Å². The van der Waals surface area contributed by atoms with Gasteiger partial charge >= 0.3 is 29.6 Å². The van der Waals surface area contributed by atoms with E-state index in [1.54, 1.807) is 27.7 Å². The van der Waals surface area contributed by atoms with Crippen LogP contribution >= 0.6 is 11.8 Å². The molecule has 0 aromatic carbocycles. The Balaban J connectivity index is 0.00000364. The number of carbonyl (C=O) groups excluding carboxylic acids is 4. The normalized spacial score (nSPS) is 26.3. The van der Waals surface area contributed by atoms with Gasteiger partial charge in [-0.3, -0.25) is 14.4 Å². The van der Waals surface area contributed by atoms with Crippen LogP contribution in [-0.4, -0.2) is 80.5 Å². The average molecular weight is 409 g/mol. The molecule has 2 aliphatic rings. The Bertz CT molecular complexity index is 631. The van der Waals surface area contributed by atoms with E-state index in [-0.39, 0.29) is 48.6 Å². The second-order valence-corrected chi connectivity index (χ2v) is 8.63. The van der Waals surface area contributed by atoms with Crippen LogP contribution in [-0.2, 0) is 19.2 Å². The molecule has 2 rings (SSSR count). The van der Waals surface area contributed by atoms with Crippen LogP contribution in [0.5, 0.6) is 0 Å². The number of β-lactam (4-membered cyclic amide) rings is 1. The fourth-order valence-electron chi connectivity index (χ4n) is 3.43. The molecule has 0 aliphatic carbocycles. The maximum atomic E-state index is 12.5. The number of carbonyl (C=O) groups is 4. The van der Waals surface area contributed by atoms with E-state index in [9.17, 15) is 29.4 Å². The molecule has 146 valence electrons. The number of thioether (sulfide) groups is 1. The summed E-state index contributed by atoms with van der Waals surface area (Å²) in [6.45, 7) is 7.18. The monoisotopic (exact) mass is 409 g/mol. The van der Waals surface area contributed by atoms with Crippen LogP contribution in [0.4, 0.5) is 0 Å². The topological polar surface area (TPSA) is 130 Å². The SMILES string of the molecule is CCNC(=O)CN(CC)C(=O)[C@@H](O)[C@@H]1C(=O)N2[C@@H]1SC(C)(C)[C@@H]2C(=O)[O-].[Na+]. The molecule has 2 fully saturated rings. The van der Waals surface area contributed by atoms with Crippen molar-refractivity contribution in [1.82, 2.24) is 15.1 Å². The molecule has 0 spiro atoms. The molecule has 9 nitrogen and oxygen atoms in total. The van der Waals surface area contributed by atoms with Gasteiger partial charge in [-0.25, -0.2) is 0 Å². The van der Waals surface area contributed by atoms with Crippen molar-refractivity contribution in [2.24, 2.45) is 5.92 Å². The molecule has 3 amide bonds. The van der Waals surface area contributed by atoms with Gasteiger partial charge in [0.15, 0.2) is 0 Å². The summed E-state index contributed by atoms with van der Waals surface area (Å²) in [5.74, 6) is -4.04. The van der Waals surface area contributed by atoms with E-state index in [1.807, 2.05) is 0 Å². The van der Waals surface area contributed by atoms with E-state index < -0.39 is 46.0 Å². The van der Waals surface area contributed by atoms with Gasteiger partial charge in [0.1, 0.15) is 12.0 Å². The van der Waals surface area contributed by atoms with Crippen molar-refractivity contribution in [1.29, 1.82) is 0 Å². The number of nitrogens with one attached hydrogen (secondary N) is 1. The van der Waals surface area contributed by atoms with E-state index in [0.29, 0.717) is 6.54 Å². The first kappa shape index (κ1) is 24.2. The van der Waals surface area contributed by atoms with Crippen molar-refractivity contribution in [2.45, 2.75) is 50.0 Å². The van der Waals surface area contributed by atoms with Gasteiger partial charge < -0.3 is 30.1 Å². The Morgan fingerprint density at radius 2 is 1.96 bits per heavy atom. The molecule has 2 heterocycles. The zero-order chi connectivity index (χ0) is 19.8. The Kier molecular flexibility index (Phi) is 8.19. The maximum Gasteiger partial charge on any atom is 1.00 e. The van der Waals surface area contributed by atoms with Crippen LogP contribution in [0.2, 0.25) is 0 Å². The zero-order valence-electron chi connectivity index (χ0n) is 16.2. The summed E-state index contributed by atoms with van der Waals surface area (Å²) in [4.78, 5) is 50.4. The van der Waals surface area contributed by atoms with Crippen molar-refractivity contribution in [2.75, 3.05) is 19.6 Å². The number of likely N-dealkylation sites (N-methyl/N-ethyl adjacent to an activating group) is 2. The minimum atomic E-state index is -1.62. The molecule has 0 aromatic rings. The molecule has 4 atom stereocenters. The molecule has 11 heteroatoms. The van der Waals surface area contributed by atoms with E-state index in [2.05, 4.69) is 5.32 Å². The predicted octanol–water partition coefficient (Wildman–Crippen LogP) is -5.24. The minimum absolute atomic E-state index is 0. The molecule has 0 bridgehead atoms. The van der Waals surface area contributed by atoms with Gasteiger partial charge in [-0.15, -0.1) is 11.8 Å². The number of hydrogen-bond acceptors (Lipinski definition) is 7. The Morgan fingerprint density at radius 3 is 2.44 bits per heavy atom. The first-order chi connectivity index (χ1) is 12.1. The van der Waals surface area contributed by atoms with Crippen LogP contribution in [0.3, 0.4) is 0 Å². The van der Waals surface area contributed by atoms with Crippen molar-refractivity contribution in [3.8, 4) is 0 Å². The number of rotatable bonds is 7. The van der Waals surface area contributed by atoms with Crippen molar-refractivity contribution in [3.63, 3.8) is 0 Å². The molecular weight excluding hydrogens is 385 g/mol. The van der Waals surface area contributed by atoms with E-state index in [0.717, 1.165) is 0 Å². The maximum absolute atomic E-state index is 12.5. The number of carboxylic acids is 1. The summed E-state index contributed by atoms with van der Waals surface area (Å²) in [5, 5.41) is 23.8. The number of fused-ring (bicyclic) bond motifs is 1. The van der Waals surface area contributed by atoms with Gasteiger partial charge in [-0.2, -0.15) is 0 Å². The zero-order valence-corrected chi connectivity index (χ0v) is 19.0. The summed E-state index contributed by atoms with van der Waals surface area (Å²) in [7, 11) is 0. The number of hydrogen-bond donors (Lipinski definition) is 2. The molecule has 27 heavy (non-hydrogen) atoms. The fourth-order valence-corrected chi connectivity index (χ4v) is 5.14. The number of aliphatic hydroxyl groups excluding tert-OH is 1. The van der Waals surface area contributed by atoms with Crippen LogP contribution < -0.4 is 40.0 Å². The van der Waals surface area contributed by atoms with Crippen LogP contribution in [0.1, 0.15) is 27.7 Å². The number of aliphatic hydroxyl groups is 1. The molecule has 2 N–H and O–H groups in total. The second-order valence-electron chi connectivity index (χ2n) is 6.86. The number of amides is 3. The second kappa shape index (κ2) is 9.13. The Morgan fingerprint density at radius 1 is 1.37 bits per heavy atom. The average Bonchev–Trinajstić information content (AvgIpc) is 2.80. The van der Waals surface area contributed by atoms with Gasteiger partial charge in [-0.05, 0) is 27.7 Å². The fraction of sp³-hybridized carbons (Fsp3) is 0.750. The third-order valence-corrected chi connectivity index (χ3v) is 6.29. The first-order valence-electron chi connectivity index (χ1n) is 8.51. The molecule has 0 unspecified atom stereocenters. The third kappa shape index (κ3) is 4.45. The molecule has 0 aromatic heterocycles. The van der Waals surface area contributed by atoms with Crippen molar-refractivity contribution >= 4 is 35.5 Å². The third-order valence-electron chi connectivity index (χ3n) is 4.70. The Labute approximate surface area is 184 Å². The smallest absolute Gasteiger partial charge is 0.548 e. The van der Waals surface area contributed by atoms with E-state index in [4.69, 9.17) is 0 Å². The summed E-state index contributed by atoms with van der Waals surface area (Å²) in [6.07, 6.45) is -1.62. The van der Waals surface area contributed by atoms with Crippen LogP contribution in [0.15, 0.2) is 0 Å². The summed E-state index contributed by atoms with van der Waals surface area (Å²) >= 11 is 1.23. The summed E-state index contributed by atoms with van der Waals surface area (Å²) in [6, 6.07) is -1.11. The van der Waals surface area contributed by atoms with Crippen molar-refractivity contribution < 1.29 is 58.9 Å². The molecular formula is C16H24N3NaO6S. The standard InChI is InChI=1S/C16H25N3O6S.Na/c1-5-17-8(20)7-18(6-2)13(23)10(21)9-12(22)19-11(15(24)25)16(3,4)26-14(9)19;/h9-11,14,21H,5-7H2,1-4H3,(H,17,20)(H,24,25);/q;+1/p-1/t9-,10+,11+,14-;/m1./s1. The molecule has 0 radical (unpaired) electrons. The van der Waals surface area contributed by atoms with Gasteiger partial charge in [0.05, 0.1) is 23.9 Å². The first-order valence-corrected chi connectivity index (χ1v) is 9.39. The number of carboxylic acid groups (broad SMARTS) is 1. The molecule has 2 saturated heterocycles.